The predicted octanol–water partition coefficient (Wildman–Crippen LogP) is 0.836. The van der Waals surface area contributed by atoms with E-state index in [0.29, 0.717) is 111 Å². The van der Waals surface area contributed by atoms with Crippen LogP contribution in [0.4, 0.5) is 39.3 Å². The number of anilines is 6. The predicted molar refractivity (Wildman–Crippen MR) is 214 cm³/mol. The van der Waals surface area contributed by atoms with Crippen molar-refractivity contribution in [3.63, 3.8) is 0 Å². The van der Waals surface area contributed by atoms with E-state index in [4.69, 9.17) is 42.6 Å². The van der Waals surface area contributed by atoms with Crippen molar-refractivity contribution >= 4 is 64.1 Å². The van der Waals surface area contributed by atoms with Gasteiger partial charge >= 0.3 is 0 Å². The summed E-state index contributed by atoms with van der Waals surface area (Å²) in [7, 11) is 0. The van der Waals surface area contributed by atoms with E-state index in [1.54, 1.807) is 30.5 Å². The van der Waals surface area contributed by atoms with Crippen molar-refractivity contribution in [2.75, 3.05) is 84.3 Å². The van der Waals surface area contributed by atoms with E-state index >= 15 is 4.39 Å². The van der Waals surface area contributed by atoms with E-state index < -0.39 is 17.2 Å². The number of hydrogen-bond acceptors (Lipinski definition) is 15. The largest absolute Gasteiger partial charge is 0.487 e. The second kappa shape index (κ2) is 15.7. The molecule has 11 N–H and O–H groups in total. The van der Waals surface area contributed by atoms with Gasteiger partial charge in [0.25, 0.3) is 5.91 Å². The molecule has 0 radical (unpaired) electrons. The van der Waals surface area contributed by atoms with Crippen molar-refractivity contribution in [3.8, 4) is 5.75 Å². The summed E-state index contributed by atoms with van der Waals surface area (Å²) in [6.07, 6.45) is 2.97. The lowest BCUT2D eigenvalue weighted by Crippen LogP contribution is -2.54. The van der Waals surface area contributed by atoms with Crippen LogP contribution in [0.15, 0.2) is 41.3 Å². The van der Waals surface area contributed by atoms with E-state index in [9.17, 15) is 9.59 Å². The number of carbonyl (C=O) groups is 1. The molecular weight excluding hydrogens is 731 g/mol. The highest BCUT2D eigenvalue weighted by Gasteiger charge is 2.32. The SMILES string of the molecule is CC1COc2c(N3CCNCC3)c(F)cc3c(=O)c(C(=O)Nc4ccc(Nc5nc(N6C[C@H](N)C[C@H](N)C6)nc(N6C[C@H](N)C[C@H](N)C6)n5)cc4)cn1c23.Cl. The first-order valence-electron chi connectivity index (χ1n) is 18.5. The number of halogens is 2. The number of nitrogens with zero attached hydrogens (tertiary/aromatic N) is 7. The Balaban J connectivity index is 0.00000465. The Kier molecular flexibility index (Phi) is 11.0. The van der Waals surface area contributed by atoms with Crippen LogP contribution in [0.3, 0.4) is 0 Å². The second-order valence-electron chi connectivity index (χ2n) is 14.8. The van der Waals surface area contributed by atoms with Gasteiger partial charge in [0.05, 0.1) is 16.9 Å². The molecule has 0 saturated carbocycles. The summed E-state index contributed by atoms with van der Waals surface area (Å²) in [6.45, 7) is 7.03. The number of hydrogen-bond donors (Lipinski definition) is 7. The van der Waals surface area contributed by atoms with Gasteiger partial charge in [-0.2, -0.15) is 15.0 Å². The molecule has 3 fully saturated rings. The molecule has 0 bridgehead atoms. The monoisotopic (exact) mass is 778 g/mol. The van der Waals surface area contributed by atoms with Crippen molar-refractivity contribution in [2.24, 2.45) is 22.9 Å². The molecule has 19 heteroatoms. The van der Waals surface area contributed by atoms with Gasteiger partial charge in [-0.1, -0.05) is 0 Å². The molecule has 4 aromatic rings. The summed E-state index contributed by atoms with van der Waals surface area (Å²) in [5.41, 5.74) is 26.4. The van der Waals surface area contributed by atoms with Gasteiger partial charge in [0, 0.05) is 94.1 Å². The molecule has 2 aromatic carbocycles. The average Bonchev–Trinajstić information content (AvgIpc) is 3.14. The molecular formula is C36H48ClFN14O3. The Hall–Kier alpha value is -4.85. The number of ether oxygens (including phenoxy) is 1. The van der Waals surface area contributed by atoms with E-state index in [0.717, 1.165) is 0 Å². The third kappa shape index (κ3) is 7.83. The lowest BCUT2D eigenvalue weighted by atomic mass is 10.0. The van der Waals surface area contributed by atoms with Crippen LogP contribution < -0.4 is 63.8 Å². The Morgan fingerprint density at radius 2 is 1.44 bits per heavy atom. The van der Waals surface area contributed by atoms with Crippen LogP contribution in [0.5, 0.6) is 5.75 Å². The second-order valence-corrected chi connectivity index (χ2v) is 14.8. The quantitative estimate of drug-likeness (QED) is 0.138. The summed E-state index contributed by atoms with van der Waals surface area (Å²) in [5.74, 6) is 0.357. The minimum atomic E-state index is -0.610. The minimum absolute atomic E-state index is 0. The molecule has 294 valence electrons. The number of aromatic nitrogens is 4. The van der Waals surface area contributed by atoms with E-state index in [1.165, 1.54) is 6.07 Å². The van der Waals surface area contributed by atoms with Crippen LogP contribution in [0.1, 0.15) is 36.2 Å². The molecule has 8 rings (SSSR count). The number of pyridine rings is 1. The normalized spacial score (nSPS) is 23.9. The number of piperazine rings is 1. The molecule has 6 heterocycles. The minimum Gasteiger partial charge on any atom is -0.487 e. The van der Waals surface area contributed by atoms with E-state index in [2.05, 4.69) is 16.0 Å². The zero-order valence-electron chi connectivity index (χ0n) is 30.6. The first kappa shape index (κ1) is 38.4. The van der Waals surface area contributed by atoms with Gasteiger partial charge in [-0.15, -0.1) is 12.4 Å². The van der Waals surface area contributed by atoms with Crippen molar-refractivity contribution in [2.45, 2.75) is 50.0 Å². The van der Waals surface area contributed by atoms with E-state index in [-0.39, 0.29) is 60.2 Å². The van der Waals surface area contributed by atoms with Crippen molar-refractivity contribution in [1.29, 1.82) is 0 Å². The fourth-order valence-electron chi connectivity index (χ4n) is 7.90. The van der Waals surface area contributed by atoms with Gasteiger partial charge < -0.3 is 62.9 Å². The van der Waals surface area contributed by atoms with Gasteiger partial charge in [-0.3, -0.25) is 9.59 Å². The molecule has 1 amide bonds. The first-order chi connectivity index (χ1) is 26.0. The number of nitrogens with two attached hydrogens (primary N) is 4. The standard InChI is InChI=1S/C36H47FN14O3.ClH/c1-19-18-54-32-29-26(12-28(37)30(32)48-8-6-42-7-9-48)31(52)27(17-51(19)29)33(53)43-24-2-4-25(5-3-24)44-34-45-35(49-13-20(38)10-21(39)14-49)47-36(46-34)50-15-22(40)11-23(41)16-50;/h2-5,12,17,19-23,42H,6-11,13-16,18,38-41H2,1H3,(H,43,53)(H,44,45,46,47);1H/t19?,20-,21+,22-,23+;. The fourth-order valence-corrected chi connectivity index (χ4v) is 7.90. The Morgan fingerprint density at radius 3 is 2.02 bits per heavy atom. The van der Waals surface area contributed by atoms with Crippen LogP contribution in [0, 0.1) is 5.82 Å². The number of rotatable bonds is 7. The van der Waals surface area contributed by atoms with E-state index in [1.807, 2.05) is 26.2 Å². The zero-order chi connectivity index (χ0) is 37.7. The maximum atomic E-state index is 15.7. The molecule has 2 aromatic heterocycles. The lowest BCUT2D eigenvalue weighted by Gasteiger charge is -2.37. The van der Waals surface area contributed by atoms with Gasteiger partial charge in [-0.25, -0.2) is 4.39 Å². The van der Waals surface area contributed by atoms with Crippen LogP contribution in [-0.4, -0.2) is 109 Å². The molecule has 1 unspecified atom stereocenters. The summed E-state index contributed by atoms with van der Waals surface area (Å²) >= 11 is 0. The van der Waals surface area contributed by atoms with Gasteiger partial charge in [-0.05, 0) is 50.1 Å². The highest BCUT2D eigenvalue weighted by molar-refractivity contribution is 6.06. The molecule has 4 aliphatic rings. The Labute approximate surface area is 323 Å². The number of carbonyl (C=O) groups excluding carboxylic acids is 1. The summed E-state index contributed by atoms with van der Waals surface area (Å²) in [4.78, 5) is 47.5. The van der Waals surface area contributed by atoms with Crippen LogP contribution in [0.2, 0.25) is 0 Å². The molecule has 3 saturated heterocycles. The summed E-state index contributed by atoms with van der Waals surface area (Å²) < 4.78 is 23.6. The molecule has 55 heavy (non-hydrogen) atoms. The third-order valence-corrected chi connectivity index (χ3v) is 10.4. The number of benzene rings is 2. The van der Waals surface area contributed by atoms with Crippen LogP contribution in [0.25, 0.3) is 10.9 Å². The highest BCUT2D eigenvalue weighted by atomic mass is 35.5. The number of piperidine rings is 2. The maximum Gasteiger partial charge on any atom is 0.261 e. The van der Waals surface area contributed by atoms with Gasteiger partial charge in [0.1, 0.15) is 17.9 Å². The van der Waals surface area contributed by atoms with Crippen molar-refractivity contribution < 1.29 is 13.9 Å². The lowest BCUT2D eigenvalue weighted by molar-refractivity contribution is 0.102. The van der Waals surface area contributed by atoms with Crippen LogP contribution >= 0.6 is 12.4 Å². The number of amides is 1. The molecule has 5 atom stereocenters. The van der Waals surface area contributed by atoms with Crippen molar-refractivity contribution in [3.05, 3.63) is 58.1 Å². The summed E-state index contributed by atoms with van der Waals surface area (Å²) in [5, 5.41) is 9.45. The first-order valence-corrected chi connectivity index (χ1v) is 18.5. The molecule has 0 aliphatic carbocycles. The Bertz CT molecular complexity index is 2050. The topological polar surface area (TPSA) is 237 Å². The maximum absolute atomic E-state index is 15.7. The van der Waals surface area contributed by atoms with Crippen LogP contribution in [-0.2, 0) is 0 Å². The van der Waals surface area contributed by atoms with Crippen molar-refractivity contribution in [1.82, 2.24) is 24.8 Å². The van der Waals surface area contributed by atoms with Gasteiger partial charge in [0.2, 0.25) is 23.3 Å². The smallest absolute Gasteiger partial charge is 0.261 e. The fraction of sp³-hybridized carbons (Fsp3) is 0.472. The average molecular weight is 779 g/mol. The molecule has 4 aliphatic heterocycles. The molecule has 0 spiro atoms. The summed E-state index contributed by atoms with van der Waals surface area (Å²) in [6, 6.07) is 7.47. The third-order valence-electron chi connectivity index (χ3n) is 10.4. The molecule has 17 nitrogen and oxygen atoms in total. The Morgan fingerprint density at radius 1 is 0.873 bits per heavy atom. The zero-order valence-corrected chi connectivity index (χ0v) is 31.4. The number of nitrogens with one attached hydrogen (secondary N) is 3. The van der Waals surface area contributed by atoms with Gasteiger partial charge in [0.15, 0.2) is 11.6 Å². The highest BCUT2D eigenvalue weighted by Crippen LogP contribution is 2.42.